The standard InChI is InChI=1S/C22H28N6O/c29-21(28-11-9-27(10-12-28)19-4-1-5-19)16-26-8-6-20-18(15-26)14-24-22(25-20)17-3-2-7-23-13-17/h2-3,7,13-14,19H,1,4-6,8-12,15-16H2. The molecule has 2 aliphatic heterocycles. The number of pyridine rings is 1. The predicted molar refractivity (Wildman–Crippen MR) is 110 cm³/mol. The first-order valence-electron chi connectivity index (χ1n) is 10.8. The zero-order valence-electron chi connectivity index (χ0n) is 16.8. The van der Waals surface area contributed by atoms with E-state index in [-0.39, 0.29) is 5.91 Å². The Morgan fingerprint density at radius 2 is 1.97 bits per heavy atom. The van der Waals surface area contributed by atoms with Gasteiger partial charge in [-0.2, -0.15) is 0 Å². The number of amides is 1. The van der Waals surface area contributed by atoms with Gasteiger partial charge in [-0.05, 0) is 25.0 Å². The van der Waals surface area contributed by atoms with Crippen LogP contribution in [0.5, 0.6) is 0 Å². The van der Waals surface area contributed by atoms with Crippen molar-refractivity contribution < 1.29 is 4.79 Å². The van der Waals surface area contributed by atoms with Crippen molar-refractivity contribution in [2.24, 2.45) is 0 Å². The molecule has 0 bridgehead atoms. The average molecular weight is 393 g/mol. The van der Waals surface area contributed by atoms with Crippen molar-refractivity contribution in [1.82, 2.24) is 29.7 Å². The summed E-state index contributed by atoms with van der Waals surface area (Å²) in [5.74, 6) is 0.986. The molecule has 3 aliphatic rings. The summed E-state index contributed by atoms with van der Waals surface area (Å²) in [5.41, 5.74) is 3.16. The highest BCUT2D eigenvalue weighted by atomic mass is 16.2. The third-order valence-electron chi connectivity index (χ3n) is 6.55. The summed E-state index contributed by atoms with van der Waals surface area (Å²) in [5, 5.41) is 0. The van der Waals surface area contributed by atoms with E-state index in [0.29, 0.717) is 6.54 Å². The molecule has 0 unspecified atom stereocenters. The maximum Gasteiger partial charge on any atom is 0.236 e. The van der Waals surface area contributed by atoms with Gasteiger partial charge in [0.05, 0.1) is 12.2 Å². The number of hydrogen-bond donors (Lipinski definition) is 0. The van der Waals surface area contributed by atoms with Gasteiger partial charge in [0.1, 0.15) is 0 Å². The molecule has 5 rings (SSSR count). The number of piperazine rings is 1. The average Bonchev–Trinajstić information content (AvgIpc) is 2.73. The molecule has 1 saturated carbocycles. The van der Waals surface area contributed by atoms with E-state index in [2.05, 4.69) is 19.8 Å². The monoisotopic (exact) mass is 392 g/mol. The zero-order valence-corrected chi connectivity index (χ0v) is 16.8. The SMILES string of the molecule is O=C(CN1CCc2nc(-c3cccnc3)ncc2C1)N1CCN(C2CCC2)CC1. The van der Waals surface area contributed by atoms with Crippen LogP contribution in [0.4, 0.5) is 0 Å². The molecule has 0 N–H and O–H groups in total. The highest BCUT2D eigenvalue weighted by Gasteiger charge is 2.30. The van der Waals surface area contributed by atoms with Crippen LogP contribution in [-0.4, -0.2) is 80.9 Å². The van der Waals surface area contributed by atoms with Crippen molar-refractivity contribution >= 4 is 5.91 Å². The number of nitrogens with zero attached hydrogens (tertiary/aromatic N) is 6. The summed E-state index contributed by atoms with van der Waals surface area (Å²) in [6.07, 6.45) is 10.4. The normalized spacial score (nSPS) is 20.9. The van der Waals surface area contributed by atoms with E-state index in [1.165, 1.54) is 19.3 Å². The molecule has 4 heterocycles. The van der Waals surface area contributed by atoms with Crippen LogP contribution in [0.1, 0.15) is 30.5 Å². The predicted octanol–water partition coefficient (Wildman–Crippen LogP) is 1.59. The Bertz CT molecular complexity index is 861. The van der Waals surface area contributed by atoms with Crippen LogP contribution in [0, 0.1) is 0 Å². The highest BCUT2D eigenvalue weighted by molar-refractivity contribution is 5.78. The Hall–Kier alpha value is -2.38. The first-order valence-corrected chi connectivity index (χ1v) is 10.8. The topological polar surface area (TPSA) is 65.5 Å². The number of fused-ring (bicyclic) bond motifs is 1. The lowest BCUT2D eigenvalue weighted by atomic mass is 9.91. The fourth-order valence-electron chi connectivity index (χ4n) is 4.52. The second-order valence-corrected chi connectivity index (χ2v) is 8.37. The first kappa shape index (κ1) is 18.6. The van der Waals surface area contributed by atoms with Crippen LogP contribution < -0.4 is 0 Å². The lowest BCUT2D eigenvalue weighted by molar-refractivity contribution is -0.135. The molecule has 1 amide bonds. The van der Waals surface area contributed by atoms with Gasteiger partial charge >= 0.3 is 0 Å². The van der Waals surface area contributed by atoms with Gasteiger partial charge < -0.3 is 4.90 Å². The Morgan fingerprint density at radius 3 is 2.69 bits per heavy atom. The largest absolute Gasteiger partial charge is 0.339 e. The molecular weight excluding hydrogens is 364 g/mol. The van der Waals surface area contributed by atoms with E-state index in [1.54, 1.807) is 12.4 Å². The molecule has 1 saturated heterocycles. The van der Waals surface area contributed by atoms with Gasteiger partial charge in [0.15, 0.2) is 5.82 Å². The summed E-state index contributed by atoms with van der Waals surface area (Å²) >= 11 is 0. The second-order valence-electron chi connectivity index (χ2n) is 8.37. The molecule has 2 aromatic rings. The van der Waals surface area contributed by atoms with Gasteiger partial charge in [0.2, 0.25) is 5.91 Å². The summed E-state index contributed by atoms with van der Waals surface area (Å²) in [4.78, 5) is 33.1. The third kappa shape index (κ3) is 4.02. The van der Waals surface area contributed by atoms with E-state index in [0.717, 1.165) is 74.4 Å². The van der Waals surface area contributed by atoms with Gasteiger partial charge in [-0.3, -0.25) is 19.6 Å². The fraction of sp³-hybridized carbons (Fsp3) is 0.545. The number of carbonyl (C=O) groups excluding carboxylic acids is 1. The Morgan fingerprint density at radius 1 is 1.10 bits per heavy atom. The molecule has 0 radical (unpaired) electrons. The molecule has 0 aromatic carbocycles. The molecule has 2 fully saturated rings. The second kappa shape index (κ2) is 8.16. The lowest BCUT2D eigenvalue weighted by Crippen LogP contribution is -2.55. The van der Waals surface area contributed by atoms with Crippen molar-refractivity contribution in [3.05, 3.63) is 42.0 Å². The molecule has 29 heavy (non-hydrogen) atoms. The number of hydrogen-bond acceptors (Lipinski definition) is 6. The van der Waals surface area contributed by atoms with E-state index in [1.807, 2.05) is 23.2 Å². The third-order valence-corrected chi connectivity index (χ3v) is 6.55. The van der Waals surface area contributed by atoms with Crippen LogP contribution in [0.2, 0.25) is 0 Å². The van der Waals surface area contributed by atoms with Gasteiger partial charge in [-0.1, -0.05) is 6.42 Å². The van der Waals surface area contributed by atoms with Gasteiger partial charge in [-0.15, -0.1) is 0 Å². The van der Waals surface area contributed by atoms with Crippen molar-refractivity contribution in [3.8, 4) is 11.4 Å². The molecule has 2 aromatic heterocycles. The van der Waals surface area contributed by atoms with Crippen LogP contribution in [0.15, 0.2) is 30.7 Å². The summed E-state index contributed by atoms with van der Waals surface area (Å²) in [6, 6.07) is 4.66. The Balaban J connectivity index is 1.16. The Labute approximate surface area is 171 Å². The molecule has 0 spiro atoms. The van der Waals surface area contributed by atoms with E-state index in [9.17, 15) is 4.79 Å². The van der Waals surface area contributed by atoms with E-state index >= 15 is 0 Å². The fourth-order valence-corrected chi connectivity index (χ4v) is 4.52. The number of carbonyl (C=O) groups is 1. The van der Waals surface area contributed by atoms with Crippen molar-refractivity contribution in [1.29, 1.82) is 0 Å². The minimum Gasteiger partial charge on any atom is -0.339 e. The van der Waals surface area contributed by atoms with Crippen molar-refractivity contribution in [3.63, 3.8) is 0 Å². The van der Waals surface area contributed by atoms with E-state index < -0.39 is 0 Å². The van der Waals surface area contributed by atoms with Gasteiger partial charge in [-0.25, -0.2) is 9.97 Å². The molecule has 152 valence electrons. The zero-order chi connectivity index (χ0) is 19.6. The minimum absolute atomic E-state index is 0.259. The molecule has 1 aliphatic carbocycles. The van der Waals surface area contributed by atoms with Crippen molar-refractivity contribution in [2.45, 2.75) is 38.3 Å². The molecule has 7 heteroatoms. The summed E-state index contributed by atoms with van der Waals surface area (Å²) in [6.45, 7) is 5.91. The quantitative estimate of drug-likeness (QED) is 0.787. The van der Waals surface area contributed by atoms with Crippen LogP contribution in [-0.2, 0) is 17.8 Å². The Kier molecular flexibility index (Phi) is 5.24. The van der Waals surface area contributed by atoms with Crippen LogP contribution >= 0.6 is 0 Å². The minimum atomic E-state index is 0.259. The lowest BCUT2D eigenvalue weighted by Gasteiger charge is -2.43. The molecular formula is C22H28N6O. The number of rotatable bonds is 4. The smallest absolute Gasteiger partial charge is 0.236 e. The maximum atomic E-state index is 12.8. The number of aromatic nitrogens is 3. The van der Waals surface area contributed by atoms with Gasteiger partial charge in [0.25, 0.3) is 0 Å². The molecule has 0 atom stereocenters. The van der Waals surface area contributed by atoms with Crippen molar-refractivity contribution in [2.75, 3.05) is 39.3 Å². The summed E-state index contributed by atoms with van der Waals surface area (Å²) < 4.78 is 0. The summed E-state index contributed by atoms with van der Waals surface area (Å²) in [7, 11) is 0. The first-order chi connectivity index (χ1) is 14.3. The molecule has 7 nitrogen and oxygen atoms in total. The van der Waals surface area contributed by atoms with E-state index in [4.69, 9.17) is 4.98 Å². The van der Waals surface area contributed by atoms with Gasteiger partial charge in [0, 0.05) is 81.4 Å². The maximum absolute atomic E-state index is 12.8. The van der Waals surface area contributed by atoms with Crippen LogP contribution in [0.3, 0.4) is 0 Å². The highest BCUT2D eigenvalue weighted by Crippen LogP contribution is 2.25. The van der Waals surface area contributed by atoms with Crippen LogP contribution in [0.25, 0.3) is 11.4 Å².